The highest BCUT2D eigenvalue weighted by atomic mass is 35.5. The van der Waals surface area contributed by atoms with Crippen molar-refractivity contribution >= 4 is 17.5 Å². The van der Waals surface area contributed by atoms with E-state index in [4.69, 9.17) is 16.3 Å². The molecule has 1 rings (SSSR count). The first-order chi connectivity index (χ1) is 8.15. The molecule has 94 valence electrons. The van der Waals surface area contributed by atoms with Gasteiger partial charge in [0.15, 0.2) is 0 Å². The van der Waals surface area contributed by atoms with E-state index in [1.807, 2.05) is 18.2 Å². The lowest BCUT2D eigenvalue weighted by Gasteiger charge is -2.23. The van der Waals surface area contributed by atoms with E-state index < -0.39 is 5.38 Å². The lowest BCUT2D eigenvalue weighted by Crippen LogP contribution is -2.37. The van der Waals surface area contributed by atoms with Gasteiger partial charge >= 0.3 is 0 Å². The molecule has 1 atom stereocenters. The lowest BCUT2D eigenvalue weighted by molar-refractivity contribution is -0.131. The fraction of sp³-hybridized carbons (Fsp3) is 0.500. The molecule has 1 unspecified atom stereocenters. The van der Waals surface area contributed by atoms with E-state index in [-0.39, 0.29) is 5.91 Å². The second kappa shape index (κ2) is 7.25. The first kappa shape index (κ1) is 13.9. The van der Waals surface area contributed by atoms with Crippen molar-refractivity contribution in [3.63, 3.8) is 0 Å². The fourth-order valence-electron chi connectivity index (χ4n) is 1.41. The van der Waals surface area contributed by atoms with Crippen LogP contribution in [-0.2, 0) is 16.1 Å². The minimum atomic E-state index is -0.532. The van der Waals surface area contributed by atoms with Crippen molar-refractivity contribution in [2.45, 2.75) is 18.8 Å². The molecule has 0 fully saturated rings. The molecule has 4 nitrogen and oxygen atoms in total. The lowest BCUT2D eigenvalue weighted by atomic mass is 10.3. The largest absolute Gasteiger partial charge is 0.383 e. The molecule has 17 heavy (non-hydrogen) atoms. The molecule has 0 aromatic carbocycles. The van der Waals surface area contributed by atoms with Gasteiger partial charge in [0.05, 0.1) is 18.8 Å². The molecule has 1 aromatic rings. The van der Waals surface area contributed by atoms with Crippen LogP contribution in [0.15, 0.2) is 24.4 Å². The molecule has 0 aliphatic heterocycles. The molecule has 0 aliphatic rings. The zero-order chi connectivity index (χ0) is 12.7. The highest BCUT2D eigenvalue weighted by Gasteiger charge is 2.18. The molecule has 0 saturated heterocycles. The number of ether oxygens (including phenoxy) is 1. The molecule has 0 saturated carbocycles. The highest BCUT2D eigenvalue weighted by molar-refractivity contribution is 6.30. The van der Waals surface area contributed by atoms with Gasteiger partial charge in [-0.15, -0.1) is 11.6 Å². The van der Waals surface area contributed by atoms with Crippen molar-refractivity contribution in [2.75, 3.05) is 20.3 Å². The maximum absolute atomic E-state index is 11.9. The van der Waals surface area contributed by atoms with Crippen molar-refractivity contribution in [1.29, 1.82) is 0 Å². The molecule has 5 heteroatoms. The number of carbonyl (C=O) groups is 1. The summed E-state index contributed by atoms with van der Waals surface area (Å²) >= 11 is 5.82. The van der Waals surface area contributed by atoms with E-state index in [0.29, 0.717) is 19.7 Å². The number of amides is 1. The number of halogens is 1. The van der Waals surface area contributed by atoms with Crippen LogP contribution >= 0.6 is 11.6 Å². The predicted molar refractivity (Wildman–Crippen MR) is 66.8 cm³/mol. The Labute approximate surface area is 107 Å². The first-order valence-electron chi connectivity index (χ1n) is 5.47. The zero-order valence-electron chi connectivity index (χ0n) is 10.1. The summed E-state index contributed by atoms with van der Waals surface area (Å²) in [4.78, 5) is 17.7. The van der Waals surface area contributed by atoms with Crippen LogP contribution in [-0.4, -0.2) is 41.4 Å². The van der Waals surface area contributed by atoms with Crippen molar-refractivity contribution in [2.24, 2.45) is 0 Å². The number of nitrogens with zero attached hydrogens (tertiary/aromatic N) is 2. The number of pyridine rings is 1. The van der Waals surface area contributed by atoms with Crippen LogP contribution in [0.1, 0.15) is 12.6 Å². The van der Waals surface area contributed by atoms with E-state index in [9.17, 15) is 4.79 Å². The average Bonchev–Trinajstić information content (AvgIpc) is 2.34. The summed E-state index contributed by atoms with van der Waals surface area (Å²) in [6, 6.07) is 5.62. The van der Waals surface area contributed by atoms with Gasteiger partial charge in [-0.1, -0.05) is 6.07 Å². The average molecular weight is 257 g/mol. The molecule has 1 heterocycles. The Bertz CT molecular complexity index is 344. The number of hydrogen-bond acceptors (Lipinski definition) is 3. The van der Waals surface area contributed by atoms with Crippen LogP contribution < -0.4 is 0 Å². The molecule has 0 aliphatic carbocycles. The van der Waals surface area contributed by atoms with Gasteiger partial charge in [-0.05, 0) is 19.1 Å². The van der Waals surface area contributed by atoms with Gasteiger partial charge in [-0.2, -0.15) is 0 Å². The molecule has 0 radical (unpaired) electrons. The van der Waals surface area contributed by atoms with E-state index >= 15 is 0 Å². The maximum atomic E-state index is 11.9. The minimum Gasteiger partial charge on any atom is -0.383 e. The number of alkyl halides is 1. The van der Waals surface area contributed by atoms with E-state index in [1.54, 1.807) is 25.1 Å². The molecule has 1 aromatic heterocycles. The van der Waals surface area contributed by atoms with Crippen LogP contribution in [0, 0.1) is 0 Å². The van der Waals surface area contributed by atoms with E-state index in [2.05, 4.69) is 4.98 Å². The maximum Gasteiger partial charge on any atom is 0.240 e. The predicted octanol–water partition coefficient (Wildman–Crippen LogP) is 1.68. The Morgan fingerprint density at radius 2 is 2.35 bits per heavy atom. The topological polar surface area (TPSA) is 42.4 Å². The minimum absolute atomic E-state index is 0.102. The fourth-order valence-corrected chi connectivity index (χ4v) is 1.55. The van der Waals surface area contributed by atoms with Gasteiger partial charge in [0.1, 0.15) is 5.38 Å². The van der Waals surface area contributed by atoms with Crippen LogP contribution in [0.3, 0.4) is 0 Å². The van der Waals surface area contributed by atoms with Gasteiger partial charge in [-0.3, -0.25) is 9.78 Å². The van der Waals surface area contributed by atoms with Gasteiger partial charge in [0, 0.05) is 19.9 Å². The number of rotatable bonds is 6. The van der Waals surface area contributed by atoms with Crippen molar-refractivity contribution in [1.82, 2.24) is 9.88 Å². The number of hydrogen-bond donors (Lipinski definition) is 0. The van der Waals surface area contributed by atoms with Crippen LogP contribution in [0.2, 0.25) is 0 Å². The SMILES string of the molecule is COCCN(Cc1ccccn1)C(=O)C(C)Cl. The third kappa shape index (κ3) is 4.71. The van der Waals surface area contributed by atoms with Crippen LogP contribution in [0.5, 0.6) is 0 Å². The Hall–Kier alpha value is -1.13. The zero-order valence-corrected chi connectivity index (χ0v) is 10.9. The normalized spacial score (nSPS) is 12.2. The molecular formula is C12H17ClN2O2. The van der Waals surface area contributed by atoms with Gasteiger partial charge in [0.25, 0.3) is 0 Å². The second-order valence-corrected chi connectivity index (χ2v) is 4.34. The number of carbonyl (C=O) groups excluding carboxylic acids is 1. The molecule has 0 bridgehead atoms. The quantitative estimate of drug-likeness (QED) is 0.728. The Balaban J connectivity index is 2.66. The molecule has 0 N–H and O–H groups in total. The Morgan fingerprint density at radius 1 is 1.59 bits per heavy atom. The van der Waals surface area contributed by atoms with Gasteiger partial charge in [0.2, 0.25) is 5.91 Å². The standard InChI is InChI=1S/C12H17ClN2O2/c1-10(13)12(16)15(7-8-17-2)9-11-5-3-4-6-14-11/h3-6,10H,7-9H2,1-2H3. The Morgan fingerprint density at radius 3 is 2.88 bits per heavy atom. The summed E-state index contributed by atoms with van der Waals surface area (Å²) in [7, 11) is 1.60. The molecular weight excluding hydrogens is 240 g/mol. The Kier molecular flexibility index (Phi) is 5.94. The highest BCUT2D eigenvalue weighted by Crippen LogP contribution is 2.06. The summed E-state index contributed by atoms with van der Waals surface area (Å²) in [6.07, 6.45) is 1.71. The third-order valence-corrected chi connectivity index (χ3v) is 2.48. The van der Waals surface area contributed by atoms with E-state index in [0.717, 1.165) is 5.69 Å². The summed E-state index contributed by atoms with van der Waals surface area (Å²) in [5.74, 6) is -0.102. The van der Waals surface area contributed by atoms with Crippen molar-refractivity contribution < 1.29 is 9.53 Å². The number of aromatic nitrogens is 1. The molecule has 1 amide bonds. The molecule has 0 spiro atoms. The van der Waals surface area contributed by atoms with Crippen LogP contribution in [0.25, 0.3) is 0 Å². The van der Waals surface area contributed by atoms with Crippen molar-refractivity contribution in [3.8, 4) is 0 Å². The number of methoxy groups -OCH3 is 1. The third-order valence-electron chi connectivity index (χ3n) is 2.30. The second-order valence-electron chi connectivity index (χ2n) is 3.69. The van der Waals surface area contributed by atoms with E-state index in [1.165, 1.54) is 0 Å². The summed E-state index contributed by atoms with van der Waals surface area (Å²) in [6.45, 7) is 3.13. The summed E-state index contributed by atoms with van der Waals surface area (Å²) in [5, 5.41) is -0.532. The smallest absolute Gasteiger partial charge is 0.240 e. The summed E-state index contributed by atoms with van der Waals surface area (Å²) in [5.41, 5.74) is 0.842. The summed E-state index contributed by atoms with van der Waals surface area (Å²) < 4.78 is 4.98. The first-order valence-corrected chi connectivity index (χ1v) is 5.90. The van der Waals surface area contributed by atoms with Crippen LogP contribution in [0.4, 0.5) is 0 Å². The van der Waals surface area contributed by atoms with Gasteiger partial charge in [-0.25, -0.2) is 0 Å². The van der Waals surface area contributed by atoms with Gasteiger partial charge < -0.3 is 9.64 Å². The van der Waals surface area contributed by atoms with Crippen molar-refractivity contribution in [3.05, 3.63) is 30.1 Å². The monoisotopic (exact) mass is 256 g/mol.